The maximum atomic E-state index is 11.2. The number of nitrogens with zero attached hydrogens (tertiary/aromatic N) is 1. The molecule has 5 nitrogen and oxygen atoms in total. The Hall–Kier alpha value is -0.620. The molecule has 1 amide bonds. The van der Waals surface area contributed by atoms with E-state index in [-0.39, 0.29) is 0 Å². The first-order valence-electron chi connectivity index (χ1n) is 5.61. The van der Waals surface area contributed by atoms with Gasteiger partial charge in [-0.1, -0.05) is 39.0 Å². The highest BCUT2D eigenvalue weighted by molar-refractivity contribution is 7.78. The summed E-state index contributed by atoms with van der Waals surface area (Å²) in [7, 11) is 1.22. The van der Waals surface area contributed by atoms with Crippen molar-refractivity contribution in [1.29, 1.82) is 0 Å². The first kappa shape index (κ1) is 15.4. The minimum atomic E-state index is -1.87. The minimum Gasteiger partial charge on any atom is -0.464 e. The molecule has 0 aromatic carbocycles. The van der Waals surface area contributed by atoms with Gasteiger partial charge < -0.3 is 5.11 Å². The minimum absolute atomic E-state index is 0.344. The summed E-state index contributed by atoms with van der Waals surface area (Å²) >= 11 is -1.87. The summed E-state index contributed by atoms with van der Waals surface area (Å²) in [6.07, 6.45) is 5.43. The molecule has 96 valence electrons. The Morgan fingerprint density at radius 1 is 1.25 bits per heavy atom. The third-order valence-corrected chi connectivity index (χ3v) is 3.15. The summed E-state index contributed by atoms with van der Waals surface area (Å²) < 4.78 is 16.7. The van der Waals surface area contributed by atoms with Crippen molar-refractivity contribution in [2.24, 2.45) is 0 Å². The maximum absolute atomic E-state index is 11.2. The van der Waals surface area contributed by atoms with Crippen LogP contribution in [0.25, 0.3) is 0 Å². The summed E-state index contributed by atoms with van der Waals surface area (Å²) in [5.74, 6) is 0. The molecule has 0 aliphatic rings. The molecule has 0 radical (unpaired) electrons. The molecule has 0 fully saturated rings. The molecule has 0 saturated heterocycles. The van der Waals surface area contributed by atoms with Crippen LogP contribution >= 0.6 is 0 Å². The van der Waals surface area contributed by atoms with Crippen LogP contribution in [0.5, 0.6) is 0 Å². The van der Waals surface area contributed by atoms with Crippen molar-refractivity contribution in [3.8, 4) is 0 Å². The van der Waals surface area contributed by atoms with E-state index < -0.39 is 17.4 Å². The lowest BCUT2D eigenvalue weighted by Crippen LogP contribution is -2.28. The topological polar surface area (TPSA) is 66.8 Å². The van der Waals surface area contributed by atoms with Crippen LogP contribution in [-0.4, -0.2) is 33.4 Å². The maximum Gasteiger partial charge on any atom is 0.420 e. The van der Waals surface area contributed by atoms with Gasteiger partial charge in [-0.15, -0.1) is 0 Å². The van der Waals surface area contributed by atoms with E-state index in [1.807, 2.05) is 0 Å². The van der Waals surface area contributed by atoms with Crippen LogP contribution in [0, 0.1) is 0 Å². The molecule has 1 atom stereocenters. The average molecular weight is 251 g/mol. The number of rotatable bonds is 9. The Bertz CT molecular complexity index is 223. The fourth-order valence-corrected chi connectivity index (χ4v) is 1.70. The van der Waals surface area contributed by atoms with Gasteiger partial charge in [0.25, 0.3) is 11.3 Å². The highest BCUT2D eigenvalue weighted by Crippen LogP contribution is 2.05. The van der Waals surface area contributed by atoms with Crippen LogP contribution in [-0.2, 0) is 15.4 Å². The number of hydrogen-bond donors (Lipinski definition) is 1. The Morgan fingerprint density at radius 2 is 1.81 bits per heavy atom. The highest BCUT2D eigenvalue weighted by Gasteiger charge is 2.13. The molecule has 1 N–H and O–H groups in total. The smallest absolute Gasteiger partial charge is 0.420 e. The van der Waals surface area contributed by atoms with Gasteiger partial charge >= 0.3 is 6.09 Å². The standard InChI is InChI=1S/C10H21NO4S/c1-3-4-5-6-7-8-9-15-16(14)11(2)10(12)13/h3-9H2,1-2H3,(H,12,13). The first-order chi connectivity index (χ1) is 7.59. The van der Waals surface area contributed by atoms with Crippen LogP contribution in [0.1, 0.15) is 45.4 Å². The van der Waals surface area contributed by atoms with Crippen molar-refractivity contribution in [2.75, 3.05) is 13.7 Å². The summed E-state index contributed by atoms with van der Waals surface area (Å²) in [5, 5.41) is 8.51. The number of carbonyl (C=O) groups is 1. The van der Waals surface area contributed by atoms with Gasteiger partial charge in [-0.2, -0.15) is 0 Å². The largest absolute Gasteiger partial charge is 0.464 e. The molecule has 6 heteroatoms. The van der Waals surface area contributed by atoms with Crippen LogP contribution in [0.3, 0.4) is 0 Å². The molecule has 0 saturated carbocycles. The van der Waals surface area contributed by atoms with Crippen molar-refractivity contribution < 1.29 is 18.3 Å². The Kier molecular flexibility index (Phi) is 9.22. The molecule has 1 unspecified atom stereocenters. The van der Waals surface area contributed by atoms with Gasteiger partial charge in [0.15, 0.2) is 0 Å². The van der Waals surface area contributed by atoms with Crippen molar-refractivity contribution in [3.63, 3.8) is 0 Å². The molecule has 0 bridgehead atoms. The number of carboxylic acid groups (broad SMARTS) is 1. The SMILES string of the molecule is CCCCCCCCOS(=O)N(C)C(=O)O. The number of hydrogen-bond acceptors (Lipinski definition) is 3. The van der Waals surface area contributed by atoms with Gasteiger partial charge in [0.1, 0.15) is 0 Å². The predicted octanol–water partition coefficient (Wildman–Crippen LogP) is 2.55. The lowest BCUT2D eigenvalue weighted by Gasteiger charge is -2.10. The Balaban J connectivity index is 3.38. The second-order valence-electron chi connectivity index (χ2n) is 3.59. The monoisotopic (exact) mass is 251 g/mol. The molecular formula is C10H21NO4S. The van der Waals surface area contributed by atoms with Crippen molar-refractivity contribution in [3.05, 3.63) is 0 Å². The van der Waals surface area contributed by atoms with Crippen LogP contribution < -0.4 is 0 Å². The summed E-state index contributed by atoms with van der Waals surface area (Å²) in [6.45, 7) is 2.50. The van der Waals surface area contributed by atoms with Crippen LogP contribution in [0.4, 0.5) is 4.79 Å². The van der Waals surface area contributed by atoms with Crippen molar-refractivity contribution in [1.82, 2.24) is 4.31 Å². The third kappa shape index (κ3) is 7.64. The first-order valence-corrected chi connectivity index (χ1v) is 6.64. The molecule has 0 aliphatic carbocycles. The molecule has 0 spiro atoms. The van der Waals surface area contributed by atoms with Crippen LogP contribution in [0.15, 0.2) is 0 Å². The second kappa shape index (κ2) is 9.59. The van der Waals surface area contributed by atoms with E-state index in [9.17, 15) is 9.00 Å². The number of unbranched alkanes of at least 4 members (excludes halogenated alkanes) is 5. The zero-order valence-electron chi connectivity index (χ0n) is 9.98. The van der Waals surface area contributed by atoms with E-state index in [1.54, 1.807) is 0 Å². The highest BCUT2D eigenvalue weighted by atomic mass is 32.2. The third-order valence-electron chi connectivity index (χ3n) is 2.18. The van der Waals surface area contributed by atoms with E-state index in [1.165, 1.54) is 26.3 Å². The molecular weight excluding hydrogens is 230 g/mol. The van der Waals surface area contributed by atoms with Gasteiger partial charge in [0.05, 0.1) is 6.61 Å². The number of amides is 1. The molecule has 0 aromatic rings. The van der Waals surface area contributed by atoms with Crippen molar-refractivity contribution >= 4 is 17.4 Å². The summed E-state index contributed by atoms with van der Waals surface area (Å²) in [4.78, 5) is 10.4. The van der Waals surface area contributed by atoms with E-state index in [2.05, 4.69) is 6.92 Å². The van der Waals surface area contributed by atoms with Gasteiger partial charge in [0.2, 0.25) is 0 Å². The second-order valence-corrected chi connectivity index (χ2v) is 4.80. The average Bonchev–Trinajstić information content (AvgIpc) is 2.26. The zero-order chi connectivity index (χ0) is 12.4. The van der Waals surface area contributed by atoms with Crippen LogP contribution in [0.2, 0.25) is 0 Å². The molecule has 0 aliphatic heterocycles. The summed E-state index contributed by atoms with van der Waals surface area (Å²) in [5.41, 5.74) is 0. The normalized spacial score (nSPS) is 12.4. The predicted molar refractivity (Wildman–Crippen MR) is 63.3 cm³/mol. The summed E-state index contributed by atoms with van der Waals surface area (Å²) in [6, 6.07) is 0. The van der Waals surface area contributed by atoms with Gasteiger partial charge in [-0.05, 0) is 6.42 Å². The van der Waals surface area contributed by atoms with Gasteiger partial charge in [0, 0.05) is 7.05 Å². The fourth-order valence-electron chi connectivity index (χ4n) is 1.16. The Morgan fingerprint density at radius 3 is 2.38 bits per heavy atom. The van der Waals surface area contributed by atoms with E-state index in [0.717, 1.165) is 19.3 Å². The van der Waals surface area contributed by atoms with Crippen molar-refractivity contribution in [2.45, 2.75) is 45.4 Å². The molecule has 16 heavy (non-hydrogen) atoms. The van der Waals surface area contributed by atoms with Gasteiger partial charge in [-0.25, -0.2) is 13.3 Å². The zero-order valence-corrected chi connectivity index (χ0v) is 10.8. The molecule has 0 aromatic heterocycles. The fraction of sp³-hybridized carbons (Fsp3) is 0.900. The lowest BCUT2D eigenvalue weighted by atomic mass is 10.1. The lowest BCUT2D eigenvalue weighted by molar-refractivity contribution is 0.175. The molecule has 0 rings (SSSR count). The molecule has 0 heterocycles. The quantitative estimate of drug-likeness (QED) is 0.639. The van der Waals surface area contributed by atoms with E-state index in [0.29, 0.717) is 10.9 Å². The van der Waals surface area contributed by atoms with E-state index >= 15 is 0 Å². The van der Waals surface area contributed by atoms with E-state index in [4.69, 9.17) is 9.29 Å². The Labute approximate surface area is 99.6 Å². The van der Waals surface area contributed by atoms with Gasteiger partial charge in [-0.3, -0.25) is 4.18 Å².